The first-order valence-corrected chi connectivity index (χ1v) is 5.40. The SMILES string of the molecule is Nc1ccnc(NC2CCC(O)CC2)c1. The van der Waals surface area contributed by atoms with E-state index in [1.165, 1.54) is 0 Å². The highest BCUT2D eigenvalue weighted by molar-refractivity contribution is 5.48. The van der Waals surface area contributed by atoms with Crippen molar-refractivity contribution < 1.29 is 5.11 Å². The number of anilines is 2. The van der Waals surface area contributed by atoms with E-state index in [-0.39, 0.29) is 6.10 Å². The lowest BCUT2D eigenvalue weighted by atomic mass is 9.93. The van der Waals surface area contributed by atoms with E-state index in [4.69, 9.17) is 5.73 Å². The van der Waals surface area contributed by atoms with Gasteiger partial charge in [0.05, 0.1) is 6.10 Å². The van der Waals surface area contributed by atoms with Gasteiger partial charge in [0.25, 0.3) is 0 Å². The highest BCUT2D eigenvalue weighted by Crippen LogP contribution is 2.21. The van der Waals surface area contributed by atoms with Gasteiger partial charge in [0.15, 0.2) is 0 Å². The van der Waals surface area contributed by atoms with E-state index in [0.717, 1.165) is 37.2 Å². The summed E-state index contributed by atoms with van der Waals surface area (Å²) < 4.78 is 0. The number of rotatable bonds is 2. The van der Waals surface area contributed by atoms with Crippen molar-refractivity contribution in [1.29, 1.82) is 0 Å². The maximum absolute atomic E-state index is 9.37. The van der Waals surface area contributed by atoms with Gasteiger partial charge in [0, 0.05) is 24.0 Å². The lowest BCUT2D eigenvalue weighted by Crippen LogP contribution is -2.28. The number of aliphatic hydroxyl groups excluding tert-OH is 1. The summed E-state index contributed by atoms with van der Waals surface area (Å²) in [4.78, 5) is 4.20. The monoisotopic (exact) mass is 207 g/mol. The summed E-state index contributed by atoms with van der Waals surface area (Å²) in [5, 5.41) is 12.7. The quantitative estimate of drug-likeness (QED) is 0.685. The molecular weight excluding hydrogens is 190 g/mol. The van der Waals surface area contributed by atoms with Crippen molar-refractivity contribution in [2.24, 2.45) is 0 Å². The van der Waals surface area contributed by atoms with Gasteiger partial charge in [-0.05, 0) is 31.7 Å². The number of pyridine rings is 1. The summed E-state index contributed by atoms with van der Waals surface area (Å²) in [5.74, 6) is 0.830. The molecule has 0 atom stereocenters. The van der Waals surface area contributed by atoms with Crippen molar-refractivity contribution in [1.82, 2.24) is 4.98 Å². The van der Waals surface area contributed by atoms with E-state index < -0.39 is 0 Å². The molecule has 1 aromatic heterocycles. The van der Waals surface area contributed by atoms with E-state index in [2.05, 4.69) is 10.3 Å². The molecule has 2 rings (SSSR count). The number of nitrogens with zero attached hydrogens (tertiary/aromatic N) is 1. The Bertz CT molecular complexity index is 321. The summed E-state index contributed by atoms with van der Waals surface area (Å²) in [7, 11) is 0. The maximum atomic E-state index is 9.37. The predicted molar refractivity (Wildman–Crippen MR) is 60.5 cm³/mol. The van der Waals surface area contributed by atoms with Gasteiger partial charge in [0.1, 0.15) is 5.82 Å². The average molecular weight is 207 g/mol. The van der Waals surface area contributed by atoms with Crippen LogP contribution >= 0.6 is 0 Å². The second-order valence-electron chi connectivity index (χ2n) is 4.12. The van der Waals surface area contributed by atoms with Crippen molar-refractivity contribution in [2.45, 2.75) is 37.8 Å². The fraction of sp³-hybridized carbons (Fsp3) is 0.545. The fourth-order valence-electron chi connectivity index (χ4n) is 1.96. The first kappa shape index (κ1) is 10.2. The Balaban J connectivity index is 1.92. The smallest absolute Gasteiger partial charge is 0.128 e. The molecule has 0 saturated heterocycles. The molecule has 1 aliphatic carbocycles. The largest absolute Gasteiger partial charge is 0.399 e. The summed E-state index contributed by atoms with van der Waals surface area (Å²) in [6.07, 6.45) is 5.33. The molecule has 1 saturated carbocycles. The Morgan fingerprint density at radius 1 is 1.33 bits per heavy atom. The molecular formula is C11H17N3O. The second-order valence-corrected chi connectivity index (χ2v) is 4.12. The Labute approximate surface area is 89.5 Å². The number of hydrogen-bond donors (Lipinski definition) is 3. The second kappa shape index (κ2) is 4.49. The number of nitrogen functional groups attached to an aromatic ring is 1. The molecule has 0 amide bonds. The molecule has 4 heteroatoms. The van der Waals surface area contributed by atoms with Gasteiger partial charge in [-0.25, -0.2) is 4.98 Å². The molecule has 1 aliphatic rings. The van der Waals surface area contributed by atoms with Crippen LogP contribution in [0, 0.1) is 0 Å². The molecule has 0 unspecified atom stereocenters. The minimum atomic E-state index is -0.114. The van der Waals surface area contributed by atoms with E-state index in [0.29, 0.717) is 6.04 Å². The summed E-state index contributed by atoms with van der Waals surface area (Å²) in [6.45, 7) is 0. The molecule has 0 aromatic carbocycles. The Hall–Kier alpha value is -1.29. The molecule has 4 nitrogen and oxygen atoms in total. The zero-order chi connectivity index (χ0) is 10.7. The third-order valence-electron chi connectivity index (χ3n) is 2.83. The van der Waals surface area contributed by atoms with Crippen molar-refractivity contribution in [3.63, 3.8) is 0 Å². The Kier molecular flexibility index (Phi) is 3.06. The van der Waals surface area contributed by atoms with Crippen LogP contribution in [0.5, 0.6) is 0 Å². The molecule has 0 bridgehead atoms. The molecule has 0 radical (unpaired) electrons. The van der Waals surface area contributed by atoms with Crippen LogP contribution in [0.2, 0.25) is 0 Å². The molecule has 0 spiro atoms. The van der Waals surface area contributed by atoms with Gasteiger partial charge in [-0.3, -0.25) is 0 Å². The van der Waals surface area contributed by atoms with Gasteiger partial charge >= 0.3 is 0 Å². The van der Waals surface area contributed by atoms with Crippen LogP contribution < -0.4 is 11.1 Å². The maximum Gasteiger partial charge on any atom is 0.128 e. The Morgan fingerprint density at radius 2 is 2.07 bits per heavy atom. The third-order valence-corrected chi connectivity index (χ3v) is 2.83. The zero-order valence-corrected chi connectivity index (χ0v) is 8.69. The predicted octanol–water partition coefficient (Wildman–Crippen LogP) is 1.38. The van der Waals surface area contributed by atoms with E-state index in [9.17, 15) is 5.11 Å². The molecule has 1 fully saturated rings. The van der Waals surface area contributed by atoms with Crippen LogP contribution in [0.4, 0.5) is 11.5 Å². The van der Waals surface area contributed by atoms with Crippen molar-refractivity contribution in [3.8, 4) is 0 Å². The van der Waals surface area contributed by atoms with Gasteiger partial charge in [-0.15, -0.1) is 0 Å². The number of aromatic nitrogens is 1. The summed E-state index contributed by atoms with van der Waals surface area (Å²) >= 11 is 0. The first-order chi connectivity index (χ1) is 7.24. The number of hydrogen-bond acceptors (Lipinski definition) is 4. The zero-order valence-electron chi connectivity index (χ0n) is 8.69. The van der Waals surface area contributed by atoms with Crippen LogP contribution in [0.15, 0.2) is 18.3 Å². The van der Waals surface area contributed by atoms with Gasteiger partial charge in [-0.2, -0.15) is 0 Å². The molecule has 1 aromatic rings. The van der Waals surface area contributed by atoms with Crippen molar-refractivity contribution >= 4 is 11.5 Å². The van der Waals surface area contributed by atoms with E-state index in [1.807, 2.05) is 6.07 Å². The number of nitrogens with two attached hydrogens (primary N) is 1. The summed E-state index contributed by atoms with van der Waals surface area (Å²) in [6, 6.07) is 4.03. The topological polar surface area (TPSA) is 71.2 Å². The summed E-state index contributed by atoms with van der Waals surface area (Å²) in [5.41, 5.74) is 6.39. The molecule has 15 heavy (non-hydrogen) atoms. The van der Waals surface area contributed by atoms with Crippen LogP contribution in [0.1, 0.15) is 25.7 Å². The van der Waals surface area contributed by atoms with E-state index in [1.54, 1.807) is 12.3 Å². The molecule has 1 heterocycles. The molecule has 82 valence electrons. The fourth-order valence-corrected chi connectivity index (χ4v) is 1.96. The standard InChI is InChI=1S/C11H17N3O/c12-8-5-6-13-11(7-8)14-9-1-3-10(15)4-2-9/h5-7,9-10,15H,1-4H2,(H3,12,13,14). The minimum Gasteiger partial charge on any atom is -0.399 e. The van der Waals surface area contributed by atoms with Crippen molar-refractivity contribution in [2.75, 3.05) is 11.1 Å². The number of aliphatic hydroxyl groups is 1. The van der Waals surface area contributed by atoms with Gasteiger partial charge in [-0.1, -0.05) is 0 Å². The van der Waals surface area contributed by atoms with Crippen LogP contribution in [0.25, 0.3) is 0 Å². The van der Waals surface area contributed by atoms with Gasteiger partial charge in [0.2, 0.25) is 0 Å². The van der Waals surface area contributed by atoms with Crippen LogP contribution in [0.3, 0.4) is 0 Å². The Morgan fingerprint density at radius 3 is 2.73 bits per heavy atom. The van der Waals surface area contributed by atoms with Crippen LogP contribution in [-0.2, 0) is 0 Å². The number of nitrogens with one attached hydrogen (secondary N) is 1. The van der Waals surface area contributed by atoms with Crippen molar-refractivity contribution in [3.05, 3.63) is 18.3 Å². The normalized spacial score (nSPS) is 26.2. The molecule has 0 aliphatic heterocycles. The lowest BCUT2D eigenvalue weighted by molar-refractivity contribution is 0.126. The highest BCUT2D eigenvalue weighted by atomic mass is 16.3. The van der Waals surface area contributed by atoms with E-state index >= 15 is 0 Å². The van der Waals surface area contributed by atoms with Gasteiger partial charge < -0.3 is 16.2 Å². The van der Waals surface area contributed by atoms with Crippen LogP contribution in [-0.4, -0.2) is 22.2 Å². The highest BCUT2D eigenvalue weighted by Gasteiger charge is 2.19. The first-order valence-electron chi connectivity index (χ1n) is 5.40. The average Bonchev–Trinajstić information content (AvgIpc) is 2.22. The minimum absolute atomic E-state index is 0.114. The lowest BCUT2D eigenvalue weighted by Gasteiger charge is -2.26. The third kappa shape index (κ3) is 2.83. The molecule has 4 N–H and O–H groups in total.